The van der Waals surface area contributed by atoms with E-state index in [4.69, 9.17) is 4.42 Å². The predicted molar refractivity (Wildman–Crippen MR) is 123 cm³/mol. The maximum absolute atomic E-state index is 12.0. The molecule has 0 atom stereocenters. The summed E-state index contributed by atoms with van der Waals surface area (Å²) >= 11 is 4.54. The Kier molecular flexibility index (Phi) is 5.31. The molecule has 3 heterocycles. The van der Waals surface area contributed by atoms with Gasteiger partial charge in [0.1, 0.15) is 5.76 Å². The summed E-state index contributed by atoms with van der Waals surface area (Å²) in [6, 6.07) is 19.5. The van der Waals surface area contributed by atoms with Gasteiger partial charge in [-0.25, -0.2) is 15.4 Å². The summed E-state index contributed by atoms with van der Waals surface area (Å²) in [6.07, 6.45) is 1.48. The highest BCUT2D eigenvalue weighted by molar-refractivity contribution is 8.01. The molecule has 5 rings (SSSR count). The summed E-state index contributed by atoms with van der Waals surface area (Å²) in [6.45, 7) is 0. The fourth-order valence-corrected chi connectivity index (χ4v) is 5.54. The fraction of sp³-hybridized carbons (Fsp3) is 0.0476. The highest BCUT2D eigenvalue weighted by atomic mass is 32.2. The molecular formula is C21H14N4O2S3. The number of thiazole rings is 2. The number of carbonyl (C=O) groups is 1. The van der Waals surface area contributed by atoms with Crippen LogP contribution in [-0.2, 0) is 4.79 Å². The second kappa shape index (κ2) is 8.39. The molecule has 0 bridgehead atoms. The maximum Gasteiger partial charge on any atom is 0.250 e. The lowest BCUT2D eigenvalue weighted by Gasteiger charge is -1.96. The van der Waals surface area contributed by atoms with E-state index in [-0.39, 0.29) is 11.7 Å². The molecular weight excluding hydrogens is 436 g/mol. The van der Waals surface area contributed by atoms with Gasteiger partial charge in [-0.2, -0.15) is 5.10 Å². The van der Waals surface area contributed by atoms with E-state index in [1.54, 1.807) is 28.7 Å². The Labute approximate surface area is 183 Å². The standard InChI is InChI=1S/C21H14N4O2S3/c26-19(12-28-21-24-15-6-2-4-8-18(15)30-21)25-22-11-13-9-10-16(27-13)20-23-14-5-1-3-7-17(14)29-20/h1-11H,12H2,(H,25,26). The van der Waals surface area contributed by atoms with Crippen LogP contribution in [-0.4, -0.2) is 27.8 Å². The number of rotatable bonds is 6. The smallest absolute Gasteiger partial charge is 0.250 e. The third-order valence-corrected chi connectivity index (χ3v) is 7.34. The van der Waals surface area contributed by atoms with Crippen LogP contribution in [0.25, 0.3) is 31.2 Å². The number of fused-ring (bicyclic) bond motifs is 2. The summed E-state index contributed by atoms with van der Waals surface area (Å²) in [5.74, 6) is 1.26. The van der Waals surface area contributed by atoms with Gasteiger partial charge >= 0.3 is 0 Å². The molecule has 30 heavy (non-hydrogen) atoms. The van der Waals surface area contributed by atoms with Gasteiger partial charge in [0.05, 0.1) is 32.4 Å². The molecule has 2 aromatic carbocycles. The number of hydrogen-bond donors (Lipinski definition) is 1. The van der Waals surface area contributed by atoms with Gasteiger partial charge in [-0.3, -0.25) is 4.79 Å². The number of furan rings is 1. The predicted octanol–water partition coefficient (Wildman–Crippen LogP) is 5.41. The van der Waals surface area contributed by atoms with Gasteiger partial charge in [-0.15, -0.1) is 22.7 Å². The molecule has 0 saturated carbocycles. The molecule has 6 nitrogen and oxygen atoms in total. The second-order valence-corrected chi connectivity index (χ2v) is 9.50. The van der Waals surface area contributed by atoms with Crippen LogP contribution >= 0.6 is 34.4 Å². The van der Waals surface area contributed by atoms with Gasteiger partial charge in [0.2, 0.25) is 0 Å². The van der Waals surface area contributed by atoms with E-state index in [0.29, 0.717) is 11.5 Å². The first kappa shape index (κ1) is 19.0. The van der Waals surface area contributed by atoms with Crippen LogP contribution in [0.5, 0.6) is 0 Å². The van der Waals surface area contributed by atoms with Crippen molar-refractivity contribution < 1.29 is 9.21 Å². The Morgan fingerprint density at radius 3 is 2.50 bits per heavy atom. The molecule has 0 aliphatic carbocycles. The summed E-state index contributed by atoms with van der Waals surface area (Å²) in [4.78, 5) is 21.1. The number of thioether (sulfide) groups is 1. The van der Waals surface area contributed by atoms with Crippen molar-refractivity contribution in [3.05, 3.63) is 66.4 Å². The van der Waals surface area contributed by atoms with Gasteiger partial charge in [0.15, 0.2) is 15.1 Å². The number of hydrogen-bond acceptors (Lipinski definition) is 8. The zero-order valence-electron chi connectivity index (χ0n) is 15.4. The van der Waals surface area contributed by atoms with Gasteiger partial charge in [-0.05, 0) is 36.4 Å². The van der Waals surface area contributed by atoms with Crippen LogP contribution in [0.3, 0.4) is 0 Å². The monoisotopic (exact) mass is 450 g/mol. The minimum absolute atomic E-state index is 0.201. The summed E-state index contributed by atoms with van der Waals surface area (Å²) < 4.78 is 8.86. The Balaban J connectivity index is 1.17. The number of nitrogens with one attached hydrogen (secondary N) is 1. The lowest BCUT2D eigenvalue weighted by atomic mass is 10.3. The largest absolute Gasteiger partial charge is 0.453 e. The SMILES string of the molecule is O=C(CSc1nc2ccccc2s1)NN=Cc1ccc(-c2nc3ccccc3s2)o1. The molecule has 0 aliphatic rings. The molecule has 1 amide bonds. The van der Waals surface area contributed by atoms with Crippen LogP contribution in [0.4, 0.5) is 0 Å². The molecule has 0 aliphatic heterocycles. The Morgan fingerprint density at radius 1 is 1.00 bits per heavy atom. The number of benzene rings is 2. The average Bonchev–Trinajstić information content (AvgIpc) is 3.49. The highest BCUT2D eigenvalue weighted by Crippen LogP contribution is 2.31. The molecule has 3 aromatic heterocycles. The second-order valence-electron chi connectivity index (χ2n) is 6.22. The number of carbonyl (C=O) groups excluding carboxylic acids is 1. The molecule has 148 valence electrons. The average molecular weight is 451 g/mol. The number of hydrazone groups is 1. The molecule has 0 saturated heterocycles. The minimum Gasteiger partial charge on any atom is -0.453 e. The van der Waals surface area contributed by atoms with E-state index in [0.717, 1.165) is 29.8 Å². The summed E-state index contributed by atoms with van der Waals surface area (Å²) in [5.41, 5.74) is 4.41. The van der Waals surface area contributed by atoms with Crippen LogP contribution < -0.4 is 5.43 Å². The van der Waals surface area contributed by atoms with Crippen molar-refractivity contribution >= 4 is 67.0 Å². The van der Waals surface area contributed by atoms with Gasteiger partial charge in [0, 0.05) is 0 Å². The van der Waals surface area contributed by atoms with Gasteiger partial charge < -0.3 is 4.42 Å². The van der Waals surface area contributed by atoms with Crippen molar-refractivity contribution in [1.82, 2.24) is 15.4 Å². The van der Waals surface area contributed by atoms with Crippen molar-refractivity contribution in [2.45, 2.75) is 4.34 Å². The van der Waals surface area contributed by atoms with Crippen molar-refractivity contribution in [2.75, 3.05) is 5.75 Å². The third kappa shape index (κ3) is 4.13. The lowest BCUT2D eigenvalue weighted by Crippen LogP contribution is -2.19. The van der Waals surface area contributed by atoms with Crippen molar-refractivity contribution in [1.29, 1.82) is 0 Å². The molecule has 0 unspecified atom stereocenters. The zero-order valence-corrected chi connectivity index (χ0v) is 17.9. The van der Waals surface area contributed by atoms with Gasteiger partial charge in [0.25, 0.3) is 5.91 Å². The van der Waals surface area contributed by atoms with E-state index in [2.05, 4.69) is 20.5 Å². The molecule has 5 aromatic rings. The normalized spacial score (nSPS) is 11.6. The zero-order chi connectivity index (χ0) is 20.3. The van der Waals surface area contributed by atoms with E-state index >= 15 is 0 Å². The molecule has 0 fully saturated rings. The Morgan fingerprint density at radius 2 is 1.73 bits per heavy atom. The maximum atomic E-state index is 12.0. The van der Waals surface area contributed by atoms with E-state index in [1.807, 2.05) is 54.6 Å². The summed E-state index contributed by atoms with van der Waals surface area (Å²) in [5, 5.41) is 4.79. The first-order chi connectivity index (χ1) is 14.7. The first-order valence-electron chi connectivity index (χ1n) is 9.01. The summed E-state index contributed by atoms with van der Waals surface area (Å²) in [7, 11) is 0. The quantitative estimate of drug-likeness (QED) is 0.213. The van der Waals surface area contributed by atoms with Crippen molar-refractivity contribution in [3.8, 4) is 10.8 Å². The van der Waals surface area contributed by atoms with Crippen LogP contribution in [0, 0.1) is 0 Å². The topological polar surface area (TPSA) is 80.4 Å². The van der Waals surface area contributed by atoms with Crippen molar-refractivity contribution in [3.63, 3.8) is 0 Å². The third-order valence-electron chi connectivity index (χ3n) is 4.11. The first-order valence-corrected chi connectivity index (χ1v) is 11.6. The number of nitrogens with zero attached hydrogens (tertiary/aromatic N) is 3. The van der Waals surface area contributed by atoms with Crippen LogP contribution in [0.1, 0.15) is 5.76 Å². The molecule has 1 N–H and O–H groups in total. The number of aromatic nitrogens is 2. The van der Waals surface area contributed by atoms with Crippen molar-refractivity contribution in [2.24, 2.45) is 5.10 Å². The Hall–Kier alpha value is -3.01. The minimum atomic E-state index is -0.201. The molecule has 0 radical (unpaired) electrons. The molecule has 0 spiro atoms. The van der Waals surface area contributed by atoms with E-state index in [1.165, 1.54) is 18.0 Å². The Bertz CT molecular complexity index is 1300. The fourth-order valence-electron chi connectivity index (χ4n) is 2.76. The van der Waals surface area contributed by atoms with E-state index < -0.39 is 0 Å². The van der Waals surface area contributed by atoms with Crippen LogP contribution in [0.2, 0.25) is 0 Å². The van der Waals surface area contributed by atoms with Gasteiger partial charge in [-0.1, -0.05) is 36.0 Å². The van der Waals surface area contributed by atoms with Crippen LogP contribution in [0.15, 0.2) is 74.5 Å². The number of para-hydroxylation sites is 2. The lowest BCUT2D eigenvalue weighted by molar-refractivity contribution is -0.118. The van der Waals surface area contributed by atoms with E-state index in [9.17, 15) is 4.79 Å². The highest BCUT2D eigenvalue weighted by Gasteiger charge is 2.10. The number of amides is 1. The molecule has 9 heteroatoms.